The Morgan fingerprint density at radius 1 is 1.00 bits per heavy atom. The van der Waals surface area contributed by atoms with Gasteiger partial charge >= 0.3 is 0 Å². The summed E-state index contributed by atoms with van der Waals surface area (Å²) < 4.78 is 0.977. The van der Waals surface area contributed by atoms with E-state index in [-0.39, 0.29) is 24.0 Å². The van der Waals surface area contributed by atoms with Crippen LogP contribution in [0.4, 0.5) is 5.69 Å². The summed E-state index contributed by atoms with van der Waals surface area (Å²) >= 11 is 9.80. The Labute approximate surface area is 165 Å². The van der Waals surface area contributed by atoms with Crippen molar-refractivity contribution in [3.63, 3.8) is 0 Å². The summed E-state index contributed by atoms with van der Waals surface area (Å²) in [6, 6.07) is 15.2. The Bertz CT molecular complexity index is 920. The van der Waals surface area contributed by atoms with Gasteiger partial charge in [-0.1, -0.05) is 51.8 Å². The zero-order valence-electron chi connectivity index (χ0n) is 14.0. The summed E-state index contributed by atoms with van der Waals surface area (Å²) in [5, 5.41) is 0.521. The number of hydrogen-bond donors (Lipinski definition) is 0. The molecule has 0 radical (unpaired) electrons. The van der Waals surface area contributed by atoms with Gasteiger partial charge in [-0.2, -0.15) is 0 Å². The number of rotatable bonds is 2. The maximum atomic E-state index is 13.1. The molecule has 2 aliphatic rings. The number of anilines is 1. The molecule has 2 aromatic rings. The molecule has 1 heterocycles. The average Bonchev–Trinajstić information content (AvgIpc) is 2.63. The van der Waals surface area contributed by atoms with Crippen molar-refractivity contribution < 1.29 is 9.59 Å². The molecule has 0 spiro atoms. The van der Waals surface area contributed by atoms with E-state index in [4.69, 9.17) is 11.6 Å². The first-order valence-corrected chi connectivity index (χ1v) is 9.82. The Morgan fingerprint density at radius 3 is 2.46 bits per heavy atom. The molecule has 0 aromatic heterocycles. The molecule has 0 saturated heterocycles. The fraction of sp³-hybridized carbons (Fsp3) is 0.238. The maximum absolute atomic E-state index is 13.1. The van der Waals surface area contributed by atoms with E-state index in [1.54, 1.807) is 11.0 Å². The van der Waals surface area contributed by atoms with Gasteiger partial charge in [-0.3, -0.25) is 14.5 Å². The Hall–Kier alpha value is -1.91. The number of amides is 1. The third-order valence-corrected chi connectivity index (χ3v) is 5.89. The molecule has 0 saturated carbocycles. The van der Waals surface area contributed by atoms with Crippen LogP contribution < -0.4 is 4.90 Å². The normalized spacial score (nSPS) is 20.4. The minimum absolute atomic E-state index is 0.0144. The number of carbonyl (C=O) groups excluding carboxylic acids is 2. The smallest absolute Gasteiger partial charge is 0.232 e. The van der Waals surface area contributed by atoms with E-state index in [0.717, 1.165) is 27.7 Å². The van der Waals surface area contributed by atoms with Crippen LogP contribution in [-0.4, -0.2) is 11.7 Å². The predicted octanol–water partition coefficient (Wildman–Crippen LogP) is 5.63. The van der Waals surface area contributed by atoms with Crippen LogP contribution in [0.1, 0.15) is 37.2 Å². The van der Waals surface area contributed by atoms with Gasteiger partial charge in [0.2, 0.25) is 5.91 Å². The Morgan fingerprint density at radius 2 is 1.73 bits per heavy atom. The van der Waals surface area contributed by atoms with Gasteiger partial charge in [-0.25, -0.2) is 0 Å². The van der Waals surface area contributed by atoms with Gasteiger partial charge in [0.15, 0.2) is 5.78 Å². The third-order valence-electron chi connectivity index (χ3n) is 5.04. The zero-order chi connectivity index (χ0) is 18.3. The molecular weight excluding hydrogens is 414 g/mol. The molecule has 1 aliphatic carbocycles. The number of para-hydroxylation sites is 1. The van der Waals surface area contributed by atoms with Crippen LogP contribution in [0.5, 0.6) is 0 Å². The Balaban J connectivity index is 1.87. The quantitative estimate of drug-likeness (QED) is 0.619. The highest BCUT2D eigenvalue weighted by molar-refractivity contribution is 9.10. The first kappa shape index (κ1) is 17.5. The lowest BCUT2D eigenvalue weighted by Gasteiger charge is -2.38. The lowest BCUT2D eigenvalue weighted by Crippen LogP contribution is -2.40. The Kier molecular flexibility index (Phi) is 4.72. The van der Waals surface area contributed by atoms with Crippen LogP contribution in [0, 0.1) is 0 Å². The standard InChI is InChI=1S/C21H17BrClNO2/c22-14-10-8-13(9-11-14)15-12-20(26)24(17-5-2-1-4-16(17)23)18-6-3-7-19(25)21(15)18/h1-2,4-5,8-11,15H,3,6-7,12H2. The largest absolute Gasteiger partial charge is 0.294 e. The lowest BCUT2D eigenvalue weighted by molar-refractivity contribution is -0.119. The maximum Gasteiger partial charge on any atom is 0.232 e. The highest BCUT2D eigenvalue weighted by Gasteiger charge is 2.40. The summed E-state index contributed by atoms with van der Waals surface area (Å²) in [6.45, 7) is 0. The van der Waals surface area contributed by atoms with Crippen LogP contribution in [0.3, 0.4) is 0 Å². The first-order valence-electron chi connectivity index (χ1n) is 8.65. The van der Waals surface area contributed by atoms with Crippen LogP contribution in [0.25, 0.3) is 0 Å². The molecule has 0 bridgehead atoms. The van der Waals surface area contributed by atoms with Gasteiger partial charge in [-0.15, -0.1) is 0 Å². The van der Waals surface area contributed by atoms with E-state index in [1.165, 1.54) is 0 Å². The molecule has 0 N–H and O–H groups in total. The molecule has 3 nitrogen and oxygen atoms in total. The van der Waals surface area contributed by atoms with Gasteiger partial charge in [0.1, 0.15) is 0 Å². The molecule has 26 heavy (non-hydrogen) atoms. The number of carbonyl (C=O) groups is 2. The van der Waals surface area contributed by atoms with E-state index < -0.39 is 0 Å². The minimum atomic E-state index is -0.183. The topological polar surface area (TPSA) is 37.4 Å². The number of Topliss-reactive ketones (excluding diaryl/α,β-unsaturated/α-hetero) is 1. The number of hydrogen-bond acceptors (Lipinski definition) is 2. The monoisotopic (exact) mass is 429 g/mol. The second kappa shape index (κ2) is 7.01. The molecule has 1 atom stereocenters. The summed E-state index contributed by atoms with van der Waals surface area (Å²) in [4.78, 5) is 27.6. The molecule has 4 rings (SSSR count). The van der Waals surface area contributed by atoms with Gasteiger partial charge in [-0.05, 0) is 42.7 Å². The number of halogens is 2. The fourth-order valence-corrected chi connectivity index (χ4v) is 4.37. The number of nitrogens with zero attached hydrogens (tertiary/aromatic N) is 1. The molecule has 1 unspecified atom stereocenters. The van der Waals surface area contributed by atoms with Crippen molar-refractivity contribution >= 4 is 44.9 Å². The zero-order valence-corrected chi connectivity index (χ0v) is 16.4. The van der Waals surface area contributed by atoms with E-state index in [1.807, 2.05) is 42.5 Å². The van der Waals surface area contributed by atoms with Gasteiger partial charge in [0.25, 0.3) is 0 Å². The molecule has 132 valence electrons. The second-order valence-corrected chi connectivity index (χ2v) is 7.95. The van der Waals surface area contributed by atoms with Gasteiger partial charge < -0.3 is 0 Å². The van der Waals surface area contributed by atoms with Crippen molar-refractivity contribution in [1.82, 2.24) is 0 Å². The number of ketones is 1. The summed E-state index contributed by atoms with van der Waals surface area (Å²) in [6.07, 6.45) is 2.29. The van der Waals surface area contributed by atoms with Crippen LogP contribution in [-0.2, 0) is 9.59 Å². The van der Waals surface area contributed by atoms with E-state index in [9.17, 15) is 9.59 Å². The van der Waals surface area contributed by atoms with E-state index in [0.29, 0.717) is 23.6 Å². The van der Waals surface area contributed by atoms with Crippen LogP contribution in [0.2, 0.25) is 5.02 Å². The van der Waals surface area contributed by atoms with Crippen molar-refractivity contribution in [2.24, 2.45) is 0 Å². The van der Waals surface area contributed by atoms with E-state index >= 15 is 0 Å². The van der Waals surface area contributed by atoms with Crippen molar-refractivity contribution in [3.05, 3.63) is 74.9 Å². The summed E-state index contributed by atoms with van der Waals surface area (Å²) in [5.41, 5.74) is 3.26. The summed E-state index contributed by atoms with van der Waals surface area (Å²) in [7, 11) is 0. The number of allylic oxidation sites excluding steroid dienone is 2. The lowest BCUT2D eigenvalue weighted by atomic mass is 9.77. The van der Waals surface area contributed by atoms with E-state index in [2.05, 4.69) is 15.9 Å². The molecular formula is C21H17BrClNO2. The minimum Gasteiger partial charge on any atom is -0.294 e. The van der Waals surface area contributed by atoms with Crippen LogP contribution in [0.15, 0.2) is 64.3 Å². The summed E-state index contributed by atoms with van der Waals surface area (Å²) in [5.74, 6) is -0.0553. The average molecular weight is 431 g/mol. The molecule has 2 aromatic carbocycles. The highest BCUT2D eigenvalue weighted by atomic mass is 79.9. The first-order chi connectivity index (χ1) is 12.6. The third kappa shape index (κ3) is 3.01. The molecule has 1 amide bonds. The van der Waals surface area contributed by atoms with Crippen molar-refractivity contribution in [2.75, 3.05) is 4.90 Å². The van der Waals surface area contributed by atoms with Crippen molar-refractivity contribution in [2.45, 2.75) is 31.6 Å². The van der Waals surface area contributed by atoms with Gasteiger partial charge in [0.05, 0.1) is 10.7 Å². The fourth-order valence-electron chi connectivity index (χ4n) is 3.89. The van der Waals surface area contributed by atoms with Crippen molar-refractivity contribution in [1.29, 1.82) is 0 Å². The van der Waals surface area contributed by atoms with Crippen molar-refractivity contribution in [3.8, 4) is 0 Å². The van der Waals surface area contributed by atoms with Gasteiger partial charge in [0, 0.05) is 34.5 Å². The molecule has 1 aliphatic heterocycles. The second-order valence-electron chi connectivity index (χ2n) is 6.63. The van der Waals surface area contributed by atoms with Crippen LogP contribution >= 0.6 is 27.5 Å². The molecule has 0 fully saturated rings. The number of benzene rings is 2. The SMILES string of the molecule is O=C1CCCC2=C1C(c1ccc(Br)cc1)CC(=O)N2c1ccccc1Cl. The molecule has 5 heteroatoms. The highest BCUT2D eigenvalue weighted by Crippen LogP contribution is 2.44. The predicted molar refractivity (Wildman–Crippen MR) is 106 cm³/mol.